The van der Waals surface area contributed by atoms with Gasteiger partial charge in [0.2, 0.25) is 0 Å². The highest BCUT2D eigenvalue weighted by atomic mass is 16.5. The molecule has 0 spiro atoms. The molecular formula is C25H23NO7. The fourth-order valence-corrected chi connectivity index (χ4v) is 5.77. The molecule has 5 rings (SSSR count). The number of amides is 2. The zero-order valence-corrected chi connectivity index (χ0v) is 18.2. The molecule has 8 heteroatoms. The van der Waals surface area contributed by atoms with Crippen molar-refractivity contribution in [3.63, 3.8) is 0 Å². The van der Waals surface area contributed by atoms with Gasteiger partial charge in [-0.2, -0.15) is 5.06 Å². The number of carbonyl (C=O) groups is 4. The molecule has 1 heterocycles. The molecule has 2 amide bonds. The number of aromatic hydroxyl groups is 1. The SMILES string of the molecule is CCOc1cccc(C2C3=CCC4C(=O)N(O)C(=O)C4C3CC3=C2C(=O)C=C(C)C3=O)c1O. The molecule has 170 valence electrons. The van der Waals surface area contributed by atoms with Crippen LogP contribution >= 0.6 is 0 Å². The van der Waals surface area contributed by atoms with Gasteiger partial charge in [-0.3, -0.25) is 24.4 Å². The van der Waals surface area contributed by atoms with E-state index in [0.29, 0.717) is 28.9 Å². The summed E-state index contributed by atoms with van der Waals surface area (Å²) >= 11 is 0. The van der Waals surface area contributed by atoms with Crippen molar-refractivity contribution in [3.05, 3.63) is 58.2 Å². The second-order valence-corrected chi connectivity index (χ2v) is 8.84. The second kappa shape index (κ2) is 7.52. The molecule has 1 aromatic rings. The summed E-state index contributed by atoms with van der Waals surface area (Å²) in [6.45, 7) is 3.68. The van der Waals surface area contributed by atoms with Gasteiger partial charge in [0.25, 0.3) is 11.8 Å². The van der Waals surface area contributed by atoms with E-state index in [1.165, 1.54) is 6.08 Å². The number of imide groups is 1. The van der Waals surface area contributed by atoms with Gasteiger partial charge in [-0.25, -0.2) is 0 Å². The number of carbonyl (C=O) groups excluding carboxylic acids is 4. The molecule has 0 aromatic heterocycles. The van der Waals surface area contributed by atoms with E-state index in [1.54, 1.807) is 32.0 Å². The van der Waals surface area contributed by atoms with Gasteiger partial charge in [0.05, 0.1) is 18.4 Å². The third kappa shape index (κ3) is 2.94. The summed E-state index contributed by atoms with van der Waals surface area (Å²) in [5.74, 6) is -4.69. The Morgan fingerprint density at radius 3 is 2.61 bits per heavy atom. The van der Waals surface area contributed by atoms with E-state index in [-0.39, 0.29) is 46.5 Å². The van der Waals surface area contributed by atoms with Gasteiger partial charge < -0.3 is 9.84 Å². The molecule has 4 unspecified atom stereocenters. The lowest BCUT2D eigenvalue weighted by atomic mass is 9.59. The summed E-state index contributed by atoms with van der Waals surface area (Å²) in [5, 5.41) is 21.2. The van der Waals surface area contributed by atoms with E-state index in [9.17, 15) is 29.5 Å². The van der Waals surface area contributed by atoms with Crippen LogP contribution in [0.3, 0.4) is 0 Å². The smallest absolute Gasteiger partial charge is 0.257 e. The van der Waals surface area contributed by atoms with Gasteiger partial charge in [0.1, 0.15) is 0 Å². The van der Waals surface area contributed by atoms with Crippen molar-refractivity contribution in [3.8, 4) is 11.5 Å². The minimum absolute atomic E-state index is 0.118. The minimum atomic E-state index is -0.828. The van der Waals surface area contributed by atoms with E-state index < -0.39 is 35.5 Å². The monoisotopic (exact) mass is 449 g/mol. The van der Waals surface area contributed by atoms with E-state index in [0.717, 1.165) is 0 Å². The molecule has 0 radical (unpaired) electrons. The van der Waals surface area contributed by atoms with Gasteiger partial charge in [-0.1, -0.05) is 23.8 Å². The maximum absolute atomic E-state index is 13.2. The van der Waals surface area contributed by atoms with Crippen LogP contribution in [-0.4, -0.2) is 45.4 Å². The number of phenolic OH excluding ortho intramolecular Hbond substituents is 1. The molecule has 8 nitrogen and oxygen atoms in total. The summed E-state index contributed by atoms with van der Waals surface area (Å²) in [6, 6.07) is 4.99. The maximum Gasteiger partial charge on any atom is 0.257 e. The van der Waals surface area contributed by atoms with Crippen LogP contribution in [0.15, 0.2) is 52.6 Å². The fourth-order valence-electron chi connectivity index (χ4n) is 5.77. The standard InChI is InChI=1S/C25H23NO7/c1-3-33-18-6-4-5-13(23(18)29)19-12-7-8-14-20(25(31)26(32)24(14)30)15(12)10-16-21(19)17(27)9-11(2)22(16)28/h4-7,9,14-15,19-20,29,32H,3,8,10H2,1-2H3. The minimum Gasteiger partial charge on any atom is -0.504 e. The number of allylic oxidation sites excluding steroid dienone is 6. The lowest BCUT2D eigenvalue weighted by Crippen LogP contribution is -2.39. The van der Waals surface area contributed by atoms with Crippen LogP contribution in [0.2, 0.25) is 0 Å². The largest absolute Gasteiger partial charge is 0.504 e. The average molecular weight is 449 g/mol. The van der Waals surface area contributed by atoms with Crippen molar-refractivity contribution in [2.75, 3.05) is 6.61 Å². The molecule has 0 bridgehead atoms. The Labute approximate surface area is 189 Å². The summed E-state index contributed by atoms with van der Waals surface area (Å²) < 4.78 is 5.53. The Hall–Kier alpha value is -3.52. The number of hydroxylamine groups is 2. The number of ketones is 2. The van der Waals surface area contributed by atoms with E-state index >= 15 is 0 Å². The van der Waals surface area contributed by atoms with Crippen molar-refractivity contribution in [1.29, 1.82) is 0 Å². The van der Waals surface area contributed by atoms with Gasteiger partial charge in [0.15, 0.2) is 23.1 Å². The summed E-state index contributed by atoms with van der Waals surface area (Å²) in [6.07, 6.45) is 3.47. The zero-order valence-electron chi connectivity index (χ0n) is 18.2. The molecule has 0 saturated carbocycles. The second-order valence-electron chi connectivity index (χ2n) is 8.84. The number of Topliss-reactive ketones (excluding diaryl/α,β-unsaturated/α-hetero) is 1. The fraction of sp³-hybridized carbons (Fsp3) is 0.360. The average Bonchev–Trinajstić information content (AvgIpc) is 3.02. The van der Waals surface area contributed by atoms with Crippen LogP contribution in [0.25, 0.3) is 0 Å². The number of hydrogen-bond donors (Lipinski definition) is 2. The summed E-state index contributed by atoms with van der Waals surface area (Å²) in [7, 11) is 0. The normalized spacial score (nSPS) is 28.9. The molecule has 4 aliphatic rings. The Bertz CT molecular complexity index is 1220. The third-order valence-electron chi connectivity index (χ3n) is 7.18. The number of rotatable bonds is 3. The number of hydrogen-bond acceptors (Lipinski definition) is 7. The van der Waals surface area contributed by atoms with Crippen LogP contribution in [0, 0.1) is 17.8 Å². The van der Waals surface area contributed by atoms with E-state index in [1.807, 2.05) is 6.08 Å². The van der Waals surface area contributed by atoms with Crippen LogP contribution in [0.1, 0.15) is 38.2 Å². The first-order valence-electron chi connectivity index (χ1n) is 11.0. The lowest BCUT2D eigenvalue weighted by molar-refractivity contribution is -0.173. The number of para-hydroxylation sites is 1. The Balaban J connectivity index is 1.73. The highest BCUT2D eigenvalue weighted by Gasteiger charge is 2.56. The third-order valence-corrected chi connectivity index (χ3v) is 7.18. The summed E-state index contributed by atoms with van der Waals surface area (Å²) in [4.78, 5) is 51.5. The first kappa shape index (κ1) is 21.3. The van der Waals surface area contributed by atoms with E-state index in [2.05, 4.69) is 0 Å². The molecule has 1 fully saturated rings. The lowest BCUT2D eigenvalue weighted by Gasteiger charge is -2.42. The predicted molar refractivity (Wildman–Crippen MR) is 114 cm³/mol. The van der Waals surface area contributed by atoms with Gasteiger partial charge in [-0.05, 0) is 44.7 Å². The number of benzene rings is 1. The first-order valence-corrected chi connectivity index (χ1v) is 11.0. The quantitative estimate of drug-likeness (QED) is 0.315. The molecule has 1 aromatic carbocycles. The molecule has 3 aliphatic carbocycles. The highest BCUT2D eigenvalue weighted by Crippen LogP contribution is 2.56. The zero-order chi connectivity index (χ0) is 23.6. The first-order chi connectivity index (χ1) is 15.8. The van der Waals surface area contributed by atoms with Crippen molar-refractivity contribution < 1.29 is 34.2 Å². The van der Waals surface area contributed by atoms with Gasteiger partial charge in [-0.15, -0.1) is 0 Å². The van der Waals surface area contributed by atoms with Crippen LogP contribution in [-0.2, 0) is 19.2 Å². The molecule has 4 atom stereocenters. The van der Waals surface area contributed by atoms with Crippen molar-refractivity contribution >= 4 is 23.4 Å². The highest BCUT2D eigenvalue weighted by molar-refractivity contribution is 6.23. The van der Waals surface area contributed by atoms with Crippen LogP contribution in [0.4, 0.5) is 0 Å². The Morgan fingerprint density at radius 1 is 1.12 bits per heavy atom. The van der Waals surface area contributed by atoms with Crippen LogP contribution < -0.4 is 4.74 Å². The van der Waals surface area contributed by atoms with Crippen molar-refractivity contribution in [2.24, 2.45) is 17.8 Å². The molecular weight excluding hydrogens is 426 g/mol. The maximum atomic E-state index is 13.2. The van der Waals surface area contributed by atoms with Crippen molar-refractivity contribution in [1.82, 2.24) is 5.06 Å². The Morgan fingerprint density at radius 2 is 1.88 bits per heavy atom. The Kier molecular flexibility index (Phi) is 4.86. The van der Waals surface area contributed by atoms with E-state index in [4.69, 9.17) is 4.74 Å². The molecule has 2 N–H and O–H groups in total. The number of nitrogens with zero attached hydrogens (tertiary/aromatic N) is 1. The van der Waals surface area contributed by atoms with Gasteiger partial charge >= 0.3 is 0 Å². The molecule has 1 saturated heterocycles. The number of ether oxygens (including phenoxy) is 1. The van der Waals surface area contributed by atoms with Gasteiger partial charge in [0, 0.05) is 28.2 Å². The van der Waals surface area contributed by atoms with Crippen LogP contribution in [0.5, 0.6) is 11.5 Å². The predicted octanol–water partition coefficient (Wildman–Crippen LogP) is 2.61. The van der Waals surface area contributed by atoms with Crippen molar-refractivity contribution in [2.45, 2.75) is 32.6 Å². The summed E-state index contributed by atoms with van der Waals surface area (Å²) in [5.41, 5.74) is 1.99. The molecule has 1 aliphatic heterocycles. The number of phenols is 1. The molecule has 33 heavy (non-hydrogen) atoms. The topological polar surface area (TPSA) is 121 Å². The number of fused-ring (bicyclic) bond motifs is 3.